The number of rotatable bonds is 3. The van der Waals surface area contributed by atoms with Crippen LogP contribution in [0, 0.1) is 17.3 Å². The lowest BCUT2D eigenvalue weighted by atomic mass is 9.61. The Labute approximate surface area is 84.1 Å². The molecule has 0 heteroatoms. The monoisotopic (exact) mass is 182 g/mol. The van der Waals surface area contributed by atoms with Gasteiger partial charge in [-0.25, -0.2) is 0 Å². The fourth-order valence-corrected chi connectivity index (χ4v) is 3.27. The molecule has 0 amide bonds. The molecule has 0 aromatic rings. The third kappa shape index (κ3) is 2.48. The lowest BCUT2D eigenvalue weighted by Gasteiger charge is -2.44. The van der Waals surface area contributed by atoms with E-state index in [9.17, 15) is 0 Å². The second-order valence-corrected chi connectivity index (χ2v) is 5.44. The van der Waals surface area contributed by atoms with Crippen LogP contribution in [-0.2, 0) is 0 Å². The topological polar surface area (TPSA) is 0 Å². The highest BCUT2D eigenvalue weighted by atomic mass is 14.4. The summed E-state index contributed by atoms with van der Waals surface area (Å²) in [5, 5.41) is 0. The van der Waals surface area contributed by atoms with E-state index in [2.05, 4.69) is 27.7 Å². The molecule has 78 valence electrons. The molecule has 1 rings (SSSR count). The molecule has 0 nitrogen and oxygen atoms in total. The number of hydrogen-bond acceptors (Lipinski definition) is 0. The molecule has 1 fully saturated rings. The van der Waals surface area contributed by atoms with Crippen LogP contribution in [0.5, 0.6) is 0 Å². The molecule has 0 bridgehead atoms. The van der Waals surface area contributed by atoms with Gasteiger partial charge >= 0.3 is 0 Å². The zero-order valence-electron chi connectivity index (χ0n) is 9.90. The van der Waals surface area contributed by atoms with Gasteiger partial charge < -0.3 is 0 Å². The molecule has 1 aliphatic rings. The first-order chi connectivity index (χ1) is 6.11. The summed E-state index contributed by atoms with van der Waals surface area (Å²) in [6.07, 6.45) is 8.62. The lowest BCUT2D eigenvalue weighted by Crippen LogP contribution is -2.34. The minimum absolute atomic E-state index is 0.620. The molecule has 1 saturated carbocycles. The van der Waals surface area contributed by atoms with E-state index < -0.39 is 0 Å². The average molecular weight is 182 g/mol. The van der Waals surface area contributed by atoms with Crippen molar-refractivity contribution >= 4 is 0 Å². The van der Waals surface area contributed by atoms with Gasteiger partial charge in [-0.05, 0) is 30.1 Å². The zero-order chi connectivity index (χ0) is 9.90. The van der Waals surface area contributed by atoms with E-state index in [1.807, 2.05) is 0 Å². The Morgan fingerprint density at radius 1 is 1.23 bits per heavy atom. The molecule has 2 atom stereocenters. The van der Waals surface area contributed by atoms with Crippen LogP contribution in [0.25, 0.3) is 0 Å². The van der Waals surface area contributed by atoms with Crippen molar-refractivity contribution in [3.8, 4) is 0 Å². The summed E-state index contributed by atoms with van der Waals surface area (Å²) in [6, 6.07) is 0. The van der Waals surface area contributed by atoms with Gasteiger partial charge in [0.1, 0.15) is 0 Å². The fraction of sp³-hybridized carbons (Fsp3) is 1.00. The maximum Gasteiger partial charge on any atom is -0.0323 e. The van der Waals surface area contributed by atoms with Crippen molar-refractivity contribution in [3.63, 3.8) is 0 Å². The zero-order valence-corrected chi connectivity index (χ0v) is 9.90. The highest BCUT2D eigenvalue weighted by molar-refractivity contribution is 4.87. The van der Waals surface area contributed by atoms with E-state index >= 15 is 0 Å². The molecule has 0 N–H and O–H groups in total. The first-order valence-electron chi connectivity index (χ1n) is 6.11. The third-order valence-corrected chi connectivity index (χ3v) is 4.09. The standard InChI is InChI=1S/C13H26/c1-5-8-12-11(6-2)9-7-10-13(12,3)4/h11-12H,5-10H2,1-4H3. The minimum Gasteiger partial charge on any atom is -0.0654 e. The van der Waals surface area contributed by atoms with Crippen LogP contribution < -0.4 is 0 Å². The van der Waals surface area contributed by atoms with Crippen LogP contribution in [0.1, 0.15) is 66.2 Å². The summed E-state index contributed by atoms with van der Waals surface area (Å²) in [5.41, 5.74) is 0.620. The molecular formula is C13H26. The average Bonchev–Trinajstić information content (AvgIpc) is 2.08. The molecule has 0 aromatic carbocycles. The maximum atomic E-state index is 2.48. The van der Waals surface area contributed by atoms with Gasteiger partial charge in [0.2, 0.25) is 0 Å². The Bertz CT molecular complexity index is 146. The Hall–Kier alpha value is 0. The second kappa shape index (κ2) is 4.48. The predicted octanol–water partition coefficient (Wildman–Crippen LogP) is 4.64. The maximum absolute atomic E-state index is 2.48. The molecular weight excluding hydrogens is 156 g/mol. The first kappa shape index (κ1) is 11.1. The van der Waals surface area contributed by atoms with Gasteiger partial charge in [-0.3, -0.25) is 0 Å². The van der Waals surface area contributed by atoms with Gasteiger partial charge in [-0.2, -0.15) is 0 Å². The molecule has 2 unspecified atom stereocenters. The van der Waals surface area contributed by atoms with E-state index in [-0.39, 0.29) is 0 Å². The molecule has 0 aromatic heterocycles. The van der Waals surface area contributed by atoms with Crippen molar-refractivity contribution in [2.45, 2.75) is 66.2 Å². The van der Waals surface area contributed by atoms with Crippen molar-refractivity contribution in [1.29, 1.82) is 0 Å². The summed E-state index contributed by atoms with van der Waals surface area (Å²) in [7, 11) is 0. The lowest BCUT2D eigenvalue weighted by molar-refractivity contribution is 0.0640. The van der Waals surface area contributed by atoms with Gasteiger partial charge in [-0.1, -0.05) is 53.4 Å². The van der Waals surface area contributed by atoms with Gasteiger partial charge in [0.05, 0.1) is 0 Å². The van der Waals surface area contributed by atoms with Crippen molar-refractivity contribution in [2.24, 2.45) is 17.3 Å². The quantitative estimate of drug-likeness (QED) is 0.596. The normalized spacial score (nSPS) is 33.2. The minimum atomic E-state index is 0.620. The van der Waals surface area contributed by atoms with E-state index in [1.54, 1.807) is 0 Å². The van der Waals surface area contributed by atoms with Crippen molar-refractivity contribution in [2.75, 3.05) is 0 Å². The fourth-order valence-electron chi connectivity index (χ4n) is 3.27. The van der Waals surface area contributed by atoms with Gasteiger partial charge in [-0.15, -0.1) is 0 Å². The first-order valence-corrected chi connectivity index (χ1v) is 6.11. The summed E-state index contributed by atoms with van der Waals surface area (Å²) >= 11 is 0. The molecule has 0 aliphatic heterocycles. The van der Waals surface area contributed by atoms with Gasteiger partial charge in [0, 0.05) is 0 Å². The van der Waals surface area contributed by atoms with Crippen LogP contribution in [-0.4, -0.2) is 0 Å². The summed E-state index contributed by atoms with van der Waals surface area (Å²) < 4.78 is 0. The van der Waals surface area contributed by atoms with Crippen LogP contribution in [0.3, 0.4) is 0 Å². The SMILES string of the molecule is CCCC1C(CC)CCCC1(C)C. The van der Waals surface area contributed by atoms with E-state index in [0.717, 1.165) is 11.8 Å². The Kier molecular flexibility index (Phi) is 3.82. The highest BCUT2D eigenvalue weighted by Gasteiger charge is 2.36. The van der Waals surface area contributed by atoms with E-state index in [1.165, 1.54) is 38.5 Å². The van der Waals surface area contributed by atoms with Crippen LogP contribution in [0.15, 0.2) is 0 Å². The smallest absolute Gasteiger partial charge is 0.0323 e. The van der Waals surface area contributed by atoms with Gasteiger partial charge in [0.25, 0.3) is 0 Å². The van der Waals surface area contributed by atoms with Crippen LogP contribution in [0.2, 0.25) is 0 Å². The van der Waals surface area contributed by atoms with E-state index in [0.29, 0.717) is 5.41 Å². The second-order valence-electron chi connectivity index (χ2n) is 5.44. The molecule has 0 spiro atoms. The molecule has 0 heterocycles. The van der Waals surface area contributed by atoms with Crippen molar-refractivity contribution < 1.29 is 0 Å². The Balaban J connectivity index is 2.65. The third-order valence-electron chi connectivity index (χ3n) is 4.09. The Morgan fingerprint density at radius 3 is 2.46 bits per heavy atom. The summed E-state index contributed by atoms with van der Waals surface area (Å²) in [6.45, 7) is 9.66. The predicted molar refractivity (Wildman–Crippen MR) is 59.8 cm³/mol. The van der Waals surface area contributed by atoms with E-state index in [4.69, 9.17) is 0 Å². The molecule has 13 heavy (non-hydrogen) atoms. The number of hydrogen-bond donors (Lipinski definition) is 0. The highest BCUT2D eigenvalue weighted by Crippen LogP contribution is 2.47. The molecule has 1 aliphatic carbocycles. The largest absolute Gasteiger partial charge is 0.0654 e. The van der Waals surface area contributed by atoms with Crippen molar-refractivity contribution in [3.05, 3.63) is 0 Å². The van der Waals surface area contributed by atoms with Crippen LogP contribution in [0.4, 0.5) is 0 Å². The molecule has 0 saturated heterocycles. The summed E-state index contributed by atoms with van der Waals surface area (Å²) in [4.78, 5) is 0. The van der Waals surface area contributed by atoms with Gasteiger partial charge in [0.15, 0.2) is 0 Å². The van der Waals surface area contributed by atoms with Crippen LogP contribution >= 0.6 is 0 Å². The molecule has 0 radical (unpaired) electrons. The summed E-state index contributed by atoms with van der Waals surface area (Å²) in [5.74, 6) is 2.01. The van der Waals surface area contributed by atoms with Crippen molar-refractivity contribution in [1.82, 2.24) is 0 Å². The Morgan fingerprint density at radius 2 is 1.92 bits per heavy atom.